The van der Waals surface area contributed by atoms with Crippen LogP contribution in [0.1, 0.15) is 0 Å². The third-order valence-electron chi connectivity index (χ3n) is 1.06. The topological polar surface area (TPSA) is 77.8 Å². The summed E-state index contributed by atoms with van der Waals surface area (Å²) in [5.41, 5.74) is 0. The van der Waals surface area contributed by atoms with Crippen LogP contribution in [0.15, 0.2) is 29.2 Å². The predicted molar refractivity (Wildman–Crippen MR) is 46.0 cm³/mol. The Balaban J connectivity index is 2.78. The third kappa shape index (κ3) is 3.28. The average molecular weight is 206 g/mol. The first-order valence-corrected chi connectivity index (χ1v) is 6.05. The Bertz CT molecular complexity index is 304. The van der Waals surface area contributed by atoms with Crippen LogP contribution in [0.5, 0.6) is 5.75 Å². The van der Waals surface area contributed by atoms with E-state index in [1.54, 1.807) is 0 Å². The summed E-state index contributed by atoms with van der Waals surface area (Å²) in [5, 5.41) is 8.85. The monoisotopic (exact) mass is 206 g/mol. The molecule has 0 aliphatic heterocycles. The van der Waals surface area contributed by atoms with Gasteiger partial charge in [0.2, 0.25) is 0 Å². The van der Waals surface area contributed by atoms with Crippen LogP contribution in [0.25, 0.3) is 0 Å². The molecule has 0 amide bonds. The molecular weight excluding hydrogens is 199 g/mol. The summed E-state index contributed by atoms with van der Waals surface area (Å²) in [4.78, 5) is 17.5. The lowest BCUT2D eigenvalue weighted by Crippen LogP contribution is -1.72. The van der Waals surface area contributed by atoms with Crippen molar-refractivity contribution in [3.8, 4) is 5.75 Å². The van der Waals surface area contributed by atoms with Gasteiger partial charge in [0.05, 0.1) is 0 Å². The van der Waals surface area contributed by atoms with Crippen LogP contribution < -0.4 is 0 Å². The van der Waals surface area contributed by atoms with Crippen LogP contribution in [0.3, 0.4) is 0 Å². The van der Waals surface area contributed by atoms with Gasteiger partial charge < -0.3 is 14.9 Å². The van der Waals surface area contributed by atoms with Gasteiger partial charge in [-0.2, -0.15) is 0 Å². The number of rotatable bonds is 2. The maximum absolute atomic E-state index is 10.5. The van der Waals surface area contributed by atoms with E-state index < -0.39 is 6.80 Å². The molecule has 0 saturated heterocycles. The van der Waals surface area contributed by atoms with E-state index in [4.69, 9.17) is 14.9 Å². The van der Waals surface area contributed by atoms with Gasteiger partial charge in [0.15, 0.2) is 0 Å². The molecule has 0 saturated carbocycles. The fourth-order valence-electron chi connectivity index (χ4n) is 0.644. The third-order valence-corrected chi connectivity index (χ3v) is 3.13. The standard InChI is InChI=1S/C6H7O4PS/c7-5-1-3-6(4-2-5)12-11(8,9)10/h1-4,7H,(H2,8,9,10). The number of phenols is 1. The van der Waals surface area contributed by atoms with E-state index in [0.717, 1.165) is 0 Å². The second-order valence-corrected chi connectivity index (χ2v) is 5.69. The van der Waals surface area contributed by atoms with Crippen LogP contribution >= 0.6 is 18.2 Å². The molecule has 0 aliphatic carbocycles. The first-order chi connectivity index (χ1) is 5.47. The molecule has 0 aromatic heterocycles. The fraction of sp³-hybridized carbons (Fsp3) is 0. The zero-order valence-electron chi connectivity index (χ0n) is 5.91. The number of benzene rings is 1. The van der Waals surface area contributed by atoms with E-state index in [0.29, 0.717) is 16.3 Å². The first-order valence-electron chi connectivity index (χ1n) is 3.01. The van der Waals surface area contributed by atoms with Gasteiger partial charge in [0.1, 0.15) is 5.75 Å². The first kappa shape index (κ1) is 9.61. The second kappa shape index (κ2) is 3.49. The minimum absolute atomic E-state index is 0.0741. The summed E-state index contributed by atoms with van der Waals surface area (Å²) in [6.07, 6.45) is 0. The maximum atomic E-state index is 10.5. The number of aromatic hydroxyl groups is 1. The largest absolute Gasteiger partial charge is 0.508 e. The van der Waals surface area contributed by atoms with Gasteiger partial charge in [-0.25, -0.2) is 4.57 Å². The molecule has 0 radical (unpaired) electrons. The summed E-state index contributed by atoms with van der Waals surface area (Å²) in [6.45, 7) is -4.07. The SMILES string of the molecule is O=P(O)(O)Sc1ccc(O)cc1. The van der Waals surface area contributed by atoms with Crippen LogP contribution in [-0.4, -0.2) is 14.9 Å². The Kier molecular flexibility index (Phi) is 2.80. The Morgan fingerprint density at radius 1 is 1.17 bits per heavy atom. The Hall–Kier alpha value is -0.480. The minimum atomic E-state index is -4.07. The molecule has 4 nitrogen and oxygen atoms in total. The van der Waals surface area contributed by atoms with Crippen molar-refractivity contribution in [3.05, 3.63) is 24.3 Å². The van der Waals surface area contributed by atoms with Crippen LogP contribution in [0.4, 0.5) is 0 Å². The zero-order valence-corrected chi connectivity index (χ0v) is 7.63. The van der Waals surface area contributed by atoms with Gasteiger partial charge in [0.25, 0.3) is 0 Å². The lowest BCUT2D eigenvalue weighted by molar-refractivity contribution is 0.397. The molecule has 1 aromatic rings. The highest BCUT2D eigenvalue weighted by atomic mass is 32.7. The molecule has 0 unspecified atom stereocenters. The van der Waals surface area contributed by atoms with Crippen LogP contribution in [0, 0.1) is 0 Å². The Morgan fingerprint density at radius 3 is 2.08 bits per heavy atom. The van der Waals surface area contributed by atoms with Crippen molar-refractivity contribution in [1.82, 2.24) is 0 Å². The van der Waals surface area contributed by atoms with E-state index in [-0.39, 0.29) is 5.75 Å². The van der Waals surface area contributed by atoms with Gasteiger partial charge in [-0.05, 0) is 35.6 Å². The molecule has 0 spiro atoms. The van der Waals surface area contributed by atoms with E-state index in [9.17, 15) is 4.57 Å². The summed E-state index contributed by atoms with van der Waals surface area (Å²) < 4.78 is 10.5. The van der Waals surface area contributed by atoms with Crippen molar-refractivity contribution >= 4 is 18.2 Å². The minimum Gasteiger partial charge on any atom is -0.508 e. The lowest BCUT2D eigenvalue weighted by Gasteiger charge is -2.01. The van der Waals surface area contributed by atoms with Gasteiger partial charge in [0, 0.05) is 4.90 Å². The van der Waals surface area contributed by atoms with Crippen LogP contribution in [0.2, 0.25) is 0 Å². The van der Waals surface area contributed by atoms with E-state index in [1.165, 1.54) is 24.3 Å². The van der Waals surface area contributed by atoms with Crippen LogP contribution in [-0.2, 0) is 4.57 Å². The Labute approximate surface area is 73.1 Å². The number of phenolic OH excluding ortho intramolecular Hbond substituents is 1. The molecule has 3 N–H and O–H groups in total. The normalized spacial score (nSPS) is 11.5. The highest BCUT2D eigenvalue weighted by molar-refractivity contribution is 8.54. The summed E-state index contributed by atoms with van der Waals surface area (Å²) >= 11 is 0.465. The molecule has 66 valence electrons. The fourth-order valence-corrected chi connectivity index (χ4v) is 2.37. The van der Waals surface area contributed by atoms with Crippen molar-refractivity contribution in [3.63, 3.8) is 0 Å². The highest BCUT2D eigenvalue weighted by Gasteiger charge is 2.14. The van der Waals surface area contributed by atoms with Crippen molar-refractivity contribution in [2.45, 2.75) is 4.90 Å². The number of hydrogen-bond donors (Lipinski definition) is 3. The molecular formula is C6H7O4PS. The molecule has 0 bridgehead atoms. The Morgan fingerprint density at radius 2 is 1.67 bits per heavy atom. The molecule has 1 aromatic carbocycles. The van der Waals surface area contributed by atoms with Gasteiger partial charge >= 0.3 is 6.80 Å². The van der Waals surface area contributed by atoms with E-state index >= 15 is 0 Å². The molecule has 1 rings (SSSR count). The molecule has 0 heterocycles. The smallest absolute Gasteiger partial charge is 0.388 e. The molecule has 0 fully saturated rings. The van der Waals surface area contributed by atoms with Crippen molar-refractivity contribution in [2.75, 3.05) is 0 Å². The summed E-state index contributed by atoms with van der Waals surface area (Å²) in [7, 11) is 0. The summed E-state index contributed by atoms with van der Waals surface area (Å²) in [6, 6.07) is 5.63. The van der Waals surface area contributed by atoms with Crippen molar-refractivity contribution < 1.29 is 19.5 Å². The van der Waals surface area contributed by atoms with Crippen molar-refractivity contribution in [2.24, 2.45) is 0 Å². The predicted octanol–water partition coefficient (Wildman–Crippen LogP) is 1.58. The lowest BCUT2D eigenvalue weighted by atomic mass is 10.3. The number of hydrogen-bond acceptors (Lipinski definition) is 3. The summed E-state index contributed by atoms with van der Waals surface area (Å²) in [5.74, 6) is 0.0741. The second-order valence-electron chi connectivity index (χ2n) is 2.08. The van der Waals surface area contributed by atoms with Gasteiger partial charge in [-0.1, -0.05) is 0 Å². The maximum Gasteiger partial charge on any atom is 0.388 e. The molecule has 0 aliphatic rings. The van der Waals surface area contributed by atoms with Gasteiger partial charge in [-0.3, -0.25) is 0 Å². The highest BCUT2D eigenvalue weighted by Crippen LogP contribution is 2.54. The van der Waals surface area contributed by atoms with Crippen molar-refractivity contribution in [1.29, 1.82) is 0 Å². The zero-order chi connectivity index (χ0) is 9.19. The van der Waals surface area contributed by atoms with Gasteiger partial charge in [-0.15, -0.1) is 0 Å². The molecule has 0 atom stereocenters. The average Bonchev–Trinajstić information content (AvgIpc) is 1.91. The quantitative estimate of drug-likeness (QED) is 0.640. The van der Waals surface area contributed by atoms with E-state index in [1.807, 2.05) is 0 Å². The van der Waals surface area contributed by atoms with E-state index in [2.05, 4.69) is 0 Å². The molecule has 12 heavy (non-hydrogen) atoms. The molecule has 6 heteroatoms.